The maximum absolute atomic E-state index is 12.4. The quantitative estimate of drug-likeness (QED) is 0.707. The van der Waals surface area contributed by atoms with Crippen LogP contribution < -0.4 is 5.32 Å². The summed E-state index contributed by atoms with van der Waals surface area (Å²) >= 11 is 0. The Labute approximate surface area is 149 Å². The predicted molar refractivity (Wildman–Crippen MR) is 98.6 cm³/mol. The van der Waals surface area contributed by atoms with Crippen LogP contribution in [0.4, 0.5) is 0 Å². The maximum Gasteiger partial charge on any atom is 0.249 e. The van der Waals surface area contributed by atoms with Gasteiger partial charge in [0.25, 0.3) is 0 Å². The second kappa shape index (κ2) is 8.97. The van der Waals surface area contributed by atoms with Gasteiger partial charge in [-0.2, -0.15) is 0 Å². The summed E-state index contributed by atoms with van der Waals surface area (Å²) < 4.78 is 12.9. The lowest BCUT2D eigenvalue weighted by atomic mass is 10.2. The van der Waals surface area contributed by atoms with E-state index in [0.717, 1.165) is 16.9 Å². The molecule has 1 aromatic heterocycles. The van der Waals surface area contributed by atoms with Gasteiger partial charge >= 0.3 is 0 Å². The Balaban J connectivity index is 2.07. The predicted octanol–water partition coefficient (Wildman–Crippen LogP) is 3.24. The van der Waals surface area contributed by atoms with Crippen LogP contribution in [0.2, 0.25) is 0 Å². The molecule has 0 aliphatic carbocycles. The first-order valence-corrected chi connectivity index (χ1v) is 8.92. The monoisotopic (exact) mass is 347 g/mol. The number of ether oxygens (including phenoxy) is 2. The van der Waals surface area contributed by atoms with E-state index in [-0.39, 0.29) is 18.0 Å². The highest BCUT2D eigenvalue weighted by Gasteiger charge is 2.22. The summed E-state index contributed by atoms with van der Waals surface area (Å²) in [6, 6.07) is 8.07. The Kier molecular flexibility index (Phi) is 6.96. The van der Waals surface area contributed by atoms with Gasteiger partial charge in [-0.25, -0.2) is 4.98 Å². The molecule has 6 nitrogen and oxygen atoms in total. The van der Waals surface area contributed by atoms with E-state index >= 15 is 0 Å². The fourth-order valence-electron chi connectivity index (χ4n) is 2.81. The highest BCUT2D eigenvalue weighted by Crippen LogP contribution is 2.24. The number of imidazole rings is 1. The Morgan fingerprint density at radius 2 is 1.92 bits per heavy atom. The number of nitrogens with one attached hydrogen (secondary N) is 1. The van der Waals surface area contributed by atoms with Crippen molar-refractivity contribution in [3.8, 4) is 0 Å². The van der Waals surface area contributed by atoms with Gasteiger partial charge in [-0.15, -0.1) is 0 Å². The van der Waals surface area contributed by atoms with Gasteiger partial charge in [0.2, 0.25) is 5.91 Å². The Bertz CT molecular complexity index is 696. The number of amides is 1. The number of aromatic nitrogens is 2. The summed E-state index contributed by atoms with van der Waals surface area (Å²) in [7, 11) is 0. The zero-order valence-electron chi connectivity index (χ0n) is 15.8. The van der Waals surface area contributed by atoms with Gasteiger partial charge < -0.3 is 19.4 Å². The molecular formula is C19H29N3O3. The topological polar surface area (TPSA) is 65.4 Å². The number of nitrogens with zero attached hydrogens (tertiary/aromatic N) is 2. The Morgan fingerprint density at radius 3 is 2.60 bits per heavy atom. The number of carbonyl (C=O) groups excluding carboxylic acids is 1. The van der Waals surface area contributed by atoms with E-state index in [1.165, 1.54) is 0 Å². The standard InChI is InChI=1S/C19H29N3O3/c1-6-24-11-12-25-15(5)19(23)20-14(4)18-21-16-9-7-8-10-17(16)22(18)13(2)3/h7-10,13-15H,6,11-12H2,1-5H3,(H,20,23)/t14-,15+/m0/s1. The third kappa shape index (κ3) is 4.80. The van der Waals surface area contributed by atoms with Crippen LogP contribution in [0.3, 0.4) is 0 Å². The summed E-state index contributed by atoms with van der Waals surface area (Å²) in [5.74, 6) is 0.706. The smallest absolute Gasteiger partial charge is 0.249 e. The van der Waals surface area contributed by atoms with E-state index < -0.39 is 6.10 Å². The van der Waals surface area contributed by atoms with Gasteiger partial charge in [0.15, 0.2) is 0 Å². The molecule has 0 spiro atoms. The first kappa shape index (κ1) is 19.4. The van der Waals surface area contributed by atoms with Gasteiger partial charge in [0.05, 0.1) is 30.3 Å². The molecule has 0 bridgehead atoms. The molecule has 25 heavy (non-hydrogen) atoms. The lowest BCUT2D eigenvalue weighted by Gasteiger charge is -2.20. The highest BCUT2D eigenvalue weighted by atomic mass is 16.5. The molecule has 2 atom stereocenters. The molecule has 0 aliphatic rings. The van der Waals surface area contributed by atoms with E-state index in [1.54, 1.807) is 6.92 Å². The number of fused-ring (bicyclic) bond motifs is 1. The normalized spacial score (nSPS) is 14.0. The molecule has 1 N–H and O–H groups in total. The van der Waals surface area contributed by atoms with Crippen LogP contribution in [0, 0.1) is 0 Å². The second-order valence-electron chi connectivity index (χ2n) is 6.36. The van der Waals surface area contributed by atoms with Crippen molar-refractivity contribution in [2.75, 3.05) is 19.8 Å². The number of hydrogen-bond acceptors (Lipinski definition) is 4. The molecular weight excluding hydrogens is 318 g/mol. The summed E-state index contributed by atoms with van der Waals surface area (Å²) in [6.07, 6.45) is -0.528. The number of rotatable bonds is 9. The molecule has 2 aromatic rings. The molecule has 1 aromatic carbocycles. The van der Waals surface area contributed by atoms with Crippen LogP contribution in [0.5, 0.6) is 0 Å². The largest absolute Gasteiger partial charge is 0.379 e. The Morgan fingerprint density at radius 1 is 1.20 bits per heavy atom. The van der Waals surface area contributed by atoms with E-state index in [1.807, 2.05) is 32.0 Å². The molecule has 0 fully saturated rings. The van der Waals surface area contributed by atoms with Crippen molar-refractivity contribution in [1.82, 2.24) is 14.9 Å². The third-order valence-corrected chi connectivity index (χ3v) is 4.05. The minimum Gasteiger partial charge on any atom is -0.379 e. The zero-order valence-corrected chi connectivity index (χ0v) is 15.8. The highest BCUT2D eigenvalue weighted by molar-refractivity contribution is 5.81. The lowest BCUT2D eigenvalue weighted by molar-refractivity contribution is -0.133. The Hall–Kier alpha value is -1.92. The molecule has 0 unspecified atom stereocenters. The van der Waals surface area contributed by atoms with E-state index in [0.29, 0.717) is 19.8 Å². The minimum atomic E-state index is -0.528. The first-order chi connectivity index (χ1) is 12.0. The summed E-state index contributed by atoms with van der Waals surface area (Å²) in [5.41, 5.74) is 2.02. The van der Waals surface area contributed by atoms with Crippen LogP contribution in [-0.2, 0) is 14.3 Å². The molecule has 0 saturated carbocycles. The average molecular weight is 347 g/mol. The molecule has 1 amide bonds. The van der Waals surface area contributed by atoms with Crippen LogP contribution in [0.15, 0.2) is 24.3 Å². The van der Waals surface area contributed by atoms with E-state index in [2.05, 4.69) is 29.8 Å². The van der Waals surface area contributed by atoms with Crippen molar-refractivity contribution in [2.24, 2.45) is 0 Å². The molecule has 0 saturated heterocycles. The van der Waals surface area contributed by atoms with Crippen molar-refractivity contribution in [3.63, 3.8) is 0 Å². The number of benzene rings is 1. The fraction of sp³-hybridized carbons (Fsp3) is 0.579. The summed E-state index contributed by atoms with van der Waals surface area (Å²) in [5, 5.41) is 3.00. The summed E-state index contributed by atoms with van der Waals surface area (Å²) in [4.78, 5) is 17.1. The van der Waals surface area contributed by atoms with Crippen molar-refractivity contribution in [2.45, 2.75) is 52.8 Å². The maximum atomic E-state index is 12.4. The van der Waals surface area contributed by atoms with Crippen LogP contribution >= 0.6 is 0 Å². The molecule has 6 heteroatoms. The van der Waals surface area contributed by atoms with Gasteiger partial charge in [-0.1, -0.05) is 12.1 Å². The van der Waals surface area contributed by atoms with E-state index in [4.69, 9.17) is 14.5 Å². The van der Waals surface area contributed by atoms with Gasteiger partial charge in [0, 0.05) is 12.6 Å². The van der Waals surface area contributed by atoms with Crippen molar-refractivity contribution in [3.05, 3.63) is 30.1 Å². The first-order valence-electron chi connectivity index (χ1n) is 8.92. The SMILES string of the molecule is CCOCCO[C@H](C)C(=O)N[C@@H](C)c1nc2ccccc2n1C(C)C. The van der Waals surface area contributed by atoms with Crippen LogP contribution in [-0.4, -0.2) is 41.4 Å². The molecule has 0 aliphatic heterocycles. The summed E-state index contributed by atoms with van der Waals surface area (Å²) in [6.45, 7) is 11.4. The van der Waals surface area contributed by atoms with Crippen molar-refractivity contribution in [1.29, 1.82) is 0 Å². The second-order valence-corrected chi connectivity index (χ2v) is 6.36. The van der Waals surface area contributed by atoms with Gasteiger partial charge in [-0.3, -0.25) is 4.79 Å². The van der Waals surface area contributed by atoms with Crippen LogP contribution in [0.1, 0.15) is 52.5 Å². The molecule has 2 rings (SSSR count). The minimum absolute atomic E-state index is 0.147. The van der Waals surface area contributed by atoms with Gasteiger partial charge in [-0.05, 0) is 46.8 Å². The zero-order chi connectivity index (χ0) is 18.4. The molecule has 0 radical (unpaired) electrons. The van der Waals surface area contributed by atoms with Crippen molar-refractivity contribution < 1.29 is 14.3 Å². The third-order valence-electron chi connectivity index (χ3n) is 4.05. The number of hydrogen-bond donors (Lipinski definition) is 1. The van der Waals surface area contributed by atoms with Gasteiger partial charge in [0.1, 0.15) is 11.9 Å². The average Bonchev–Trinajstić information content (AvgIpc) is 2.98. The number of carbonyl (C=O) groups is 1. The fourth-order valence-corrected chi connectivity index (χ4v) is 2.81. The lowest BCUT2D eigenvalue weighted by Crippen LogP contribution is -2.37. The number of para-hydroxylation sites is 2. The van der Waals surface area contributed by atoms with Crippen molar-refractivity contribution >= 4 is 16.9 Å². The molecule has 1 heterocycles. The van der Waals surface area contributed by atoms with E-state index in [9.17, 15) is 4.79 Å². The molecule has 138 valence electrons. The van der Waals surface area contributed by atoms with Crippen LogP contribution in [0.25, 0.3) is 11.0 Å².